The molecule has 0 saturated carbocycles. The van der Waals surface area contributed by atoms with Crippen molar-refractivity contribution in [1.29, 1.82) is 0 Å². The lowest BCUT2D eigenvalue weighted by molar-refractivity contribution is 0.822. The highest BCUT2D eigenvalue weighted by atomic mass is 32.2. The summed E-state index contributed by atoms with van der Waals surface area (Å²) in [6, 6.07) is 4.29. The van der Waals surface area contributed by atoms with Crippen LogP contribution >= 0.6 is 11.8 Å². The van der Waals surface area contributed by atoms with Gasteiger partial charge >= 0.3 is 0 Å². The fraction of sp³-hybridized carbons (Fsp3) is 0.385. The molecule has 0 saturated heterocycles. The number of allylic oxidation sites excluding steroid dienone is 1. The minimum atomic E-state index is 1.02. The van der Waals surface area contributed by atoms with Crippen LogP contribution in [0.2, 0.25) is 0 Å². The first-order valence-electron chi connectivity index (χ1n) is 5.65. The van der Waals surface area contributed by atoms with Crippen LogP contribution in [0.1, 0.15) is 20.8 Å². The maximum absolute atomic E-state index is 3.88. The summed E-state index contributed by atoms with van der Waals surface area (Å²) in [5.74, 6) is 1.21. The molecule has 1 aromatic rings. The minimum absolute atomic E-state index is 1.02. The van der Waals surface area contributed by atoms with E-state index in [1.54, 1.807) is 11.8 Å². The van der Waals surface area contributed by atoms with E-state index in [1.807, 2.05) is 19.2 Å². The molecule has 0 fully saturated rings. The summed E-state index contributed by atoms with van der Waals surface area (Å²) in [5, 5.41) is 3.29. The second-order valence-electron chi connectivity index (χ2n) is 3.34. The number of thioether (sulfide) groups is 1. The van der Waals surface area contributed by atoms with Gasteiger partial charge in [0.15, 0.2) is 0 Å². The van der Waals surface area contributed by atoms with Crippen molar-refractivity contribution in [1.82, 2.24) is 4.57 Å². The van der Waals surface area contributed by atoms with Crippen molar-refractivity contribution in [3.05, 3.63) is 30.2 Å². The first-order chi connectivity index (χ1) is 7.78. The molecule has 0 bridgehead atoms. The van der Waals surface area contributed by atoms with Gasteiger partial charge in [0.2, 0.25) is 0 Å². The fourth-order valence-electron chi connectivity index (χ4n) is 1.64. The van der Waals surface area contributed by atoms with E-state index in [0.717, 1.165) is 13.1 Å². The SMILES string of the molecule is C=Cn1c(SC=CC)ccc1N(CC)CC. The molecule has 0 N–H and O–H groups in total. The van der Waals surface area contributed by atoms with E-state index in [-0.39, 0.29) is 0 Å². The summed E-state index contributed by atoms with van der Waals surface area (Å²) in [5.41, 5.74) is 0. The van der Waals surface area contributed by atoms with Crippen LogP contribution in [0.5, 0.6) is 0 Å². The summed E-state index contributed by atoms with van der Waals surface area (Å²) in [7, 11) is 0. The van der Waals surface area contributed by atoms with E-state index in [2.05, 4.69) is 47.4 Å². The summed E-state index contributed by atoms with van der Waals surface area (Å²) >= 11 is 1.72. The summed E-state index contributed by atoms with van der Waals surface area (Å²) in [4.78, 5) is 2.32. The summed E-state index contributed by atoms with van der Waals surface area (Å²) in [6.07, 6.45) is 3.92. The van der Waals surface area contributed by atoms with Gasteiger partial charge in [0.05, 0.1) is 5.03 Å². The number of rotatable bonds is 6. The van der Waals surface area contributed by atoms with Gasteiger partial charge < -0.3 is 4.90 Å². The molecule has 0 aliphatic carbocycles. The Balaban J connectivity index is 3.02. The zero-order valence-electron chi connectivity index (χ0n) is 10.3. The fourth-order valence-corrected chi connectivity index (χ4v) is 2.35. The molecule has 3 heteroatoms. The predicted octanol–water partition coefficient (Wildman–Crippen LogP) is 4.06. The number of hydrogen-bond acceptors (Lipinski definition) is 2. The molecule has 0 aliphatic rings. The van der Waals surface area contributed by atoms with E-state index in [9.17, 15) is 0 Å². The van der Waals surface area contributed by atoms with Crippen molar-refractivity contribution < 1.29 is 0 Å². The lowest BCUT2D eigenvalue weighted by atomic mass is 10.5. The number of hydrogen-bond donors (Lipinski definition) is 0. The molecule has 0 aromatic carbocycles. The normalized spacial score (nSPS) is 10.9. The zero-order chi connectivity index (χ0) is 12.0. The highest BCUT2D eigenvalue weighted by Crippen LogP contribution is 2.27. The minimum Gasteiger partial charge on any atom is -0.358 e. The first-order valence-corrected chi connectivity index (χ1v) is 6.52. The monoisotopic (exact) mass is 236 g/mol. The molecular weight excluding hydrogens is 216 g/mol. The molecule has 0 radical (unpaired) electrons. The average Bonchev–Trinajstić information content (AvgIpc) is 2.71. The second-order valence-corrected chi connectivity index (χ2v) is 4.27. The van der Waals surface area contributed by atoms with Crippen LogP contribution in [0.25, 0.3) is 6.20 Å². The van der Waals surface area contributed by atoms with Crippen molar-refractivity contribution in [3.63, 3.8) is 0 Å². The van der Waals surface area contributed by atoms with Crippen molar-refractivity contribution in [2.75, 3.05) is 18.0 Å². The Bertz CT molecular complexity index is 362. The van der Waals surface area contributed by atoms with Crippen LogP contribution in [0.15, 0.2) is 35.2 Å². The third kappa shape index (κ3) is 2.73. The molecule has 0 atom stereocenters. The Labute approximate surface area is 103 Å². The lowest BCUT2D eigenvalue weighted by Crippen LogP contribution is -2.23. The summed E-state index contributed by atoms with van der Waals surface area (Å²) in [6.45, 7) is 12.3. The van der Waals surface area contributed by atoms with Gasteiger partial charge in [-0.1, -0.05) is 24.4 Å². The summed E-state index contributed by atoms with van der Waals surface area (Å²) < 4.78 is 2.14. The first kappa shape index (κ1) is 13.0. The Morgan fingerprint density at radius 1 is 1.38 bits per heavy atom. The van der Waals surface area contributed by atoms with E-state index in [4.69, 9.17) is 0 Å². The molecule has 1 rings (SSSR count). The van der Waals surface area contributed by atoms with Gasteiger partial charge in [-0.05, 0) is 38.3 Å². The average molecular weight is 236 g/mol. The van der Waals surface area contributed by atoms with Crippen molar-refractivity contribution >= 4 is 23.8 Å². The second kappa shape index (κ2) is 6.48. The van der Waals surface area contributed by atoms with Crippen molar-refractivity contribution in [3.8, 4) is 0 Å². The van der Waals surface area contributed by atoms with Gasteiger partial charge in [-0.15, -0.1) is 0 Å². The van der Waals surface area contributed by atoms with Crippen LogP contribution in [0.4, 0.5) is 5.82 Å². The predicted molar refractivity (Wildman–Crippen MR) is 75.1 cm³/mol. The quantitative estimate of drug-likeness (QED) is 0.688. The van der Waals surface area contributed by atoms with Gasteiger partial charge in [0.25, 0.3) is 0 Å². The Morgan fingerprint density at radius 3 is 2.56 bits per heavy atom. The molecule has 0 amide bonds. The lowest BCUT2D eigenvalue weighted by Gasteiger charge is -2.22. The third-order valence-corrected chi connectivity index (χ3v) is 3.44. The van der Waals surface area contributed by atoms with E-state index >= 15 is 0 Å². The molecular formula is C13H20N2S. The molecule has 0 aliphatic heterocycles. The van der Waals surface area contributed by atoms with E-state index in [0.29, 0.717) is 0 Å². The smallest absolute Gasteiger partial charge is 0.113 e. The van der Waals surface area contributed by atoms with Crippen molar-refractivity contribution in [2.45, 2.75) is 25.8 Å². The highest BCUT2D eigenvalue weighted by Gasteiger charge is 2.09. The topological polar surface area (TPSA) is 8.17 Å². The third-order valence-electron chi connectivity index (χ3n) is 2.45. The van der Waals surface area contributed by atoms with Gasteiger partial charge in [-0.3, -0.25) is 4.57 Å². The van der Waals surface area contributed by atoms with Crippen LogP contribution in [-0.2, 0) is 0 Å². The molecule has 0 spiro atoms. The van der Waals surface area contributed by atoms with Gasteiger partial charge in [0.1, 0.15) is 5.82 Å². The Hall–Kier alpha value is -1.09. The van der Waals surface area contributed by atoms with E-state index < -0.39 is 0 Å². The highest BCUT2D eigenvalue weighted by molar-refractivity contribution is 8.02. The zero-order valence-corrected chi connectivity index (χ0v) is 11.1. The van der Waals surface area contributed by atoms with Gasteiger partial charge in [-0.2, -0.15) is 0 Å². The van der Waals surface area contributed by atoms with Gasteiger partial charge in [-0.25, -0.2) is 0 Å². The molecule has 2 nitrogen and oxygen atoms in total. The maximum atomic E-state index is 3.88. The van der Waals surface area contributed by atoms with E-state index in [1.165, 1.54) is 10.8 Å². The van der Waals surface area contributed by atoms with Crippen LogP contribution in [0.3, 0.4) is 0 Å². The molecule has 1 aromatic heterocycles. The standard InChI is InChI=1S/C13H20N2S/c1-5-11-16-13-10-9-12(15(13)8-4)14(6-2)7-3/h5,8-11H,4,6-7H2,1-3H3. The van der Waals surface area contributed by atoms with Gasteiger partial charge in [0, 0.05) is 19.3 Å². The number of anilines is 1. The number of aromatic nitrogens is 1. The maximum Gasteiger partial charge on any atom is 0.113 e. The molecule has 1 heterocycles. The number of nitrogens with zero attached hydrogens (tertiary/aromatic N) is 2. The molecule has 0 unspecified atom stereocenters. The Morgan fingerprint density at radius 2 is 2.06 bits per heavy atom. The van der Waals surface area contributed by atoms with Crippen molar-refractivity contribution in [2.24, 2.45) is 0 Å². The Kier molecular flexibility index (Phi) is 5.26. The molecule has 16 heavy (non-hydrogen) atoms. The van der Waals surface area contributed by atoms with Crippen LogP contribution in [-0.4, -0.2) is 17.7 Å². The van der Waals surface area contributed by atoms with Crippen LogP contribution < -0.4 is 4.90 Å². The molecule has 88 valence electrons. The largest absolute Gasteiger partial charge is 0.358 e. The van der Waals surface area contributed by atoms with Crippen LogP contribution in [0, 0.1) is 0 Å².